The van der Waals surface area contributed by atoms with E-state index in [-0.39, 0.29) is 17.2 Å². The molecule has 1 fully saturated rings. The number of aryl methyl sites for hydroxylation is 1. The first-order valence-corrected chi connectivity index (χ1v) is 10.8. The van der Waals surface area contributed by atoms with Gasteiger partial charge >= 0.3 is 0 Å². The monoisotopic (exact) mass is 449 g/mol. The fourth-order valence-corrected chi connectivity index (χ4v) is 4.07. The first kappa shape index (κ1) is 20.1. The molecule has 1 saturated carbocycles. The Morgan fingerprint density at radius 1 is 1.19 bits per heavy atom. The van der Waals surface area contributed by atoms with E-state index in [9.17, 15) is 9.59 Å². The van der Waals surface area contributed by atoms with Crippen LogP contribution in [0.3, 0.4) is 0 Å². The second-order valence-corrected chi connectivity index (χ2v) is 8.56. The number of hydrogen-bond donors (Lipinski definition) is 1. The summed E-state index contributed by atoms with van der Waals surface area (Å²) >= 11 is 1.28. The molecule has 4 aromatic heterocycles. The molecule has 0 spiro atoms. The van der Waals surface area contributed by atoms with Crippen LogP contribution in [0.1, 0.15) is 31.2 Å². The lowest BCUT2D eigenvalue weighted by Gasteiger charge is -2.07. The van der Waals surface area contributed by atoms with Gasteiger partial charge in [-0.05, 0) is 36.5 Å². The Kier molecular flexibility index (Phi) is 5.06. The SMILES string of the molecule is CC(=O)Nc1cc(Oc2cnc3nc(Oc4cc(C5CC5)cn(C)c4=O)sc3c2)ccn1. The normalized spacial score (nSPS) is 13.2. The molecule has 0 aromatic carbocycles. The Balaban J connectivity index is 1.38. The van der Waals surface area contributed by atoms with Crippen LogP contribution in [0.25, 0.3) is 10.3 Å². The topological polar surface area (TPSA) is 108 Å². The second kappa shape index (κ2) is 8.04. The molecule has 1 N–H and O–H groups in total. The Bertz CT molecular complexity index is 1390. The standard InChI is InChI=1S/C22H19N5O4S/c1-12(28)25-19-9-15(5-6-23-19)30-16-8-18-20(24-10-16)26-22(32-18)31-17-7-14(13-3-4-13)11-27(2)21(17)29/h5-11,13H,3-4H2,1-2H3,(H,23,25,28). The van der Waals surface area contributed by atoms with Crippen LogP contribution in [0, 0.1) is 0 Å². The van der Waals surface area contributed by atoms with Crippen molar-refractivity contribution in [1.82, 2.24) is 19.5 Å². The molecule has 1 aliphatic rings. The second-order valence-electron chi connectivity index (χ2n) is 7.56. The summed E-state index contributed by atoms with van der Waals surface area (Å²) in [4.78, 5) is 36.5. The van der Waals surface area contributed by atoms with Crippen molar-refractivity contribution in [3.8, 4) is 22.4 Å². The maximum absolute atomic E-state index is 12.5. The summed E-state index contributed by atoms with van der Waals surface area (Å²) < 4.78 is 14.0. The molecule has 1 aliphatic carbocycles. The van der Waals surface area contributed by atoms with Gasteiger partial charge in [-0.1, -0.05) is 11.3 Å². The number of fused-ring (bicyclic) bond motifs is 1. The van der Waals surface area contributed by atoms with E-state index in [4.69, 9.17) is 9.47 Å². The summed E-state index contributed by atoms with van der Waals surface area (Å²) in [6, 6.07) is 6.91. The average molecular weight is 449 g/mol. The fraction of sp³-hybridized carbons (Fsp3) is 0.227. The van der Waals surface area contributed by atoms with Crippen LogP contribution in [0.2, 0.25) is 0 Å². The molecule has 0 bridgehead atoms. The Morgan fingerprint density at radius 3 is 2.81 bits per heavy atom. The molecule has 4 heterocycles. The summed E-state index contributed by atoms with van der Waals surface area (Å²) in [5, 5.41) is 2.95. The van der Waals surface area contributed by atoms with Gasteiger partial charge in [-0.3, -0.25) is 9.59 Å². The number of ether oxygens (including phenoxy) is 2. The van der Waals surface area contributed by atoms with E-state index >= 15 is 0 Å². The Hall–Kier alpha value is -3.79. The van der Waals surface area contributed by atoms with Crippen molar-refractivity contribution in [2.24, 2.45) is 7.05 Å². The van der Waals surface area contributed by atoms with E-state index in [0.717, 1.165) is 23.1 Å². The molecule has 9 nitrogen and oxygen atoms in total. The predicted octanol–water partition coefficient (Wildman–Crippen LogP) is 4.21. The molecular formula is C22H19N5O4S. The third-order valence-corrected chi connectivity index (χ3v) is 5.76. The van der Waals surface area contributed by atoms with Gasteiger partial charge in [-0.2, -0.15) is 4.98 Å². The lowest BCUT2D eigenvalue weighted by atomic mass is 10.2. The van der Waals surface area contributed by atoms with Crippen molar-refractivity contribution in [3.63, 3.8) is 0 Å². The van der Waals surface area contributed by atoms with Gasteiger partial charge in [0.05, 0.1) is 10.9 Å². The zero-order valence-corrected chi connectivity index (χ0v) is 18.2. The van der Waals surface area contributed by atoms with Crippen LogP contribution in [0.15, 0.2) is 47.7 Å². The van der Waals surface area contributed by atoms with Crippen molar-refractivity contribution in [2.45, 2.75) is 25.7 Å². The maximum atomic E-state index is 12.5. The number of aromatic nitrogens is 4. The number of pyridine rings is 3. The number of carbonyl (C=O) groups excluding carboxylic acids is 1. The zero-order chi connectivity index (χ0) is 22.2. The minimum absolute atomic E-state index is 0.210. The van der Waals surface area contributed by atoms with E-state index < -0.39 is 0 Å². The minimum atomic E-state index is -0.215. The molecule has 0 unspecified atom stereocenters. The lowest BCUT2D eigenvalue weighted by molar-refractivity contribution is -0.114. The number of carbonyl (C=O) groups is 1. The van der Waals surface area contributed by atoms with Crippen molar-refractivity contribution in [3.05, 3.63) is 58.8 Å². The van der Waals surface area contributed by atoms with E-state index in [1.165, 1.54) is 18.3 Å². The summed E-state index contributed by atoms with van der Waals surface area (Å²) in [6.45, 7) is 1.41. The molecule has 4 aromatic rings. The maximum Gasteiger partial charge on any atom is 0.293 e. The molecule has 1 amide bonds. The average Bonchev–Trinajstić information content (AvgIpc) is 3.51. The van der Waals surface area contributed by atoms with Crippen molar-refractivity contribution in [1.29, 1.82) is 0 Å². The van der Waals surface area contributed by atoms with Crippen molar-refractivity contribution in [2.75, 3.05) is 5.32 Å². The van der Waals surface area contributed by atoms with E-state index in [2.05, 4.69) is 20.3 Å². The summed E-state index contributed by atoms with van der Waals surface area (Å²) in [6.07, 6.45) is 7.23. The summed E-state index contributed by atoms with van der Waals surface area (Å²) in [7, 11) is 1.72. The molecule has 10 heteroatoms. The van der Waals surface area contributed by atoms with Gasteiger partial charge in [0.25, 0.3) is 10.8 Å². The van der Waals surface area contributed by atoms with Crippen LogP contribution in [-0.2, 0) is 11.8 Å². The zero-order valence-electron chi connectivity index (χ0n) is 17.4. The van der Waals surface area contributed by atoms with Gasteiger partial charge in [0.1, 0.15) is 17.3 Å². The van der Waals surface area contributed by atoms with Gasteiger partial charge in [-0.25, -0.2) is 9.97 Å². The molecule has 0 saturated heterocycles. The highest BCUT2D eigenvalue weighted by Crippen LogP contribution is 2.41. The number of thiazole rings is 1. The number of rotatable bonds is 6. The number of hydrogen-bond acceptors (Lipinski definition) is 8. The predicted molar refractivity (Wildman–Crippen MR) is 120 cm³/mol. The third kappa shape index (κ3) is 4.30. The number of nitrogens with zero attached hydrogens (tertiary/aromatic N) is 4. The highest BCUT2D eigenvalue weighted by atomic mass is 32.1. The quantitative estimate of drug-likeness (QED) is 0.470. The first-order chi connectivity index (χ1) is 15.4. The highest BCUT2D eigenvalue weighted by molar-refractivity contribution is 7.20. The van der Waals surface area contributed by atoms with Gasteiger partial charge in [0, 0.05) is 38.5 Å². The largest absolute Gasteiger partial charge is 0.455 e. The van der Waals surface area contributed by atoms with Gasteiger partial charge < -0.3 is 19.4 Å². The molecular weight excluding hydrogens is 430 g/mol. The molecule has 162 valence electrons. The van der Waals surface area contributed by atoms with E-state index in [1.54, 1.807) is 42.2 Å². The van der Waals surface area contributed by atoms with Crippen LogP contribution in [-0.4, -0.2) is 25.4 Å². The fourth-order valence-electron chi connectivity index (χ4n) is 3.25. The van der Waals surface area contributed by atoms with Crippen molar-refractivity contribution >= 4 is 33.4 Å². The molecule has 5 rings (SSSR count). The van der Waals surface area contributed by atoms with Crippen LogP contribution >= 0.6 is 11.3 Å². The van der Waals surface area contributed by atoms with Crippen LogP contribution < -0.4 is 20.3 Å². The van der Waals surface area contributed by atoms with Gasteiger partial charge in [0.15, 0.2) is 11.4 Å². The highest BCUT2D eigenvalue weighted by Gasteiger charge is 2.25. The van der Waals surface area contributed by atoms with Gasteiger partial charge in [0.2, 0.25) is 5.91 Å². The van der Waals surface area contributed by atoms with Gasteiger partial charge in [-0.15, -0.1) is 0 Å². The number of anilines is 1. The van der Waals surface area contributed by atoms with Crippen LogP contribution in [0.4, 0.5) is 5.82 Å². The van der Waals surface area contributed by atoms with E-state index in [0.29, 0.717) is 34.1 Å². The summed E-state index contributed by atoms with van der Waals surface area (Å²) in [5.41, 5.74) is 1.40. The Labute approximate surface area is 186 Å². The summed E-state index contributed by atoms with van der Waals surface area (Å²) in [5.74, 6) is 1.94. The first-order valence-electron chi connectivity index (χ1n) is 10.0. The Morgan fingerprint density at radius 2 is 2.03 bits per heavy atom. The number of amides is 1. The molecule has 0 atom stereocenters. The third-order valence-electron chi connectivity index (χ3n) is 4.89. The minimum Gasteiger partial charge on any atom is -0.455 e. The van der Waals surface area contributed by atoms with Crippen LogP contribution in [0.5, 0.6) is 22.4 Å². The molecule has 32 heavy (non-hydrogen) atoms. The number of nitrogens with one attached hydrogen (secondary N) is 1. The molecule has 0 aliphatic heterocycles. The van der Waals surface area contributed by atoms with Crippen molar-refractivity contribution < 1.29 is 14.3 Å². The van der Waals surface area contributed by atoms with E-state index in [1.807, 2.05) is 12.3 Å². The lowest BCUT2D eigenvalue weighted by Crippen LogP contribution is -2.18. The smallest absolute Gasteiger partial charge is 0.293 e. The molecule has 0 radical (unpaired) electrons.